The van der Waals surface area contributed by atoms with Crippen LogP contribution in [0.15, 0.2) is 42.7 Å². The molecular weight excluding hydrogens is 338 g/mol. The number of amides is 2. The summed E-state index contributed by atoms with van der Waals surface area (Å²) in [6.45, 7) is 0.695. The number of pyridine rings is 1. The summed E-state index contributed by atoms with van der Waals surface area (Å²) in [6, 6.07) is 9.05. The van der Waals surface area contributed by atoms with Crippen molar-refractivity contribution in [2.24, 2.45) is 5.41 Å². The summed E-state index contributed by atoms with van der Waals surface area (Å²) in [5, 5.41) is 8.78. The molecule has 1 aliphatic heterocycles. The van der Waals surface area contributed by atoms with E-state index < -0.39 is 11.3 Å². The number of hydrogen-bond acceptors (Lipinski definition) is 4. The van der Waals surface area contributed by atoms with Crippen molar-refractivity contribution < 1.29 is 14.8 Å². The number of benzene rings is 1. The van der Waals surface area contributed by atoms with E-state index in [1.54, 1.807) is 30.0 Å². The minimum atomic E-state index is -0.532. The number of fused-ring (bicyclic) bond motifs is 1. The quantitative estimate of drug-likeness (QED) is 0.635. The van der Waals surface area contributed by atoms with Gasteiger partial charge in [0.2, 0.25) is 5.91 Å². The molecule has 4 rings (SSSR count). The Morgan fingerprint density at radius 1 is 1.16 bits per heavy atom. The van der Waals surface area contributed by atoms with Gasteiger partial charge in [-0.3, -0.25) is 19.8 Å². The van der Waals surface area contributed by atoms with Gasteiger partial charge in [-0.2, -0.15) is 13.5 Å². The summed E-state index contributed by atoms with van der Waals surface area (Å²) in [5.74, 6) is -0.395. The fourth-order valence-electron chi connectivity index (χ4n) is 3.88. The largest absolute Gasteiger partial charge is 0.312 e. The highest BCUT2D eigenvalue weighted by molar-refractivity contribution is 7.59. The predicted molar refractivity (Wildman–Crippen MR) is 97.1 cm³/mol. The number of anilines is 1. The molecule has 2 heterocycles. The second-order valence-electron chi connectivity index (χ2n) is 6.47. The van der Waals surface area contributed by atoms with E-state index in [1.807, 2.05) is 23.1 Å². The van der Waals surface area contributed by atoms with Crippen LogP contribution in [0.4, 0.5) is 5.69 Å². The van der Waals surface area contributed by atoms with Crippen LogP contribution in [0.2, 0.25) is 0 Å². The second-order valence-corrected chi connectivity index (χ2v) is 6.47. The van der Waals surface area contributed by atoms with Crippen LogP contribution in [0.3, 0.4) is 0 Å². The zero-order valence-corrected chi connectivity index (χ0v) is 14.5. The van der Waals surface area contributed by atoms with Gasteiger partial charge in [-0.05, 0) is 54.7 Å². The fourth-order valence-corrected chi connectivity index (χ4v) is 3.88. The van der Waals surface area contributed by atoms with Crippen molar-refractivity contribution in [2.75, 3.05) is 11.4 Å². The molecule has 7 heteroatoms. The van der Waals surface area contributed by atoms with Crippen molar-refractivity contribution in [1.82, 2.24) is 10.5 Å². The number of rotatable bonds is 2. The summed E-state index contributed by atoms with van der Waals surface area (Å²) in [7, 11) is 0. The Kier molecular flexibility index (Phi) is 4.53. The van der Waals surface area contributed by atoms with Crippen LogP contribution in [-0.4, -0.2) is 28.6 Å². The first kappa shape index (κ1) is 17.4. The molecule has 1 spiro atoms. The zero-order valence-electron chi connectivity index (χ0n) is 13.5. The van der Waals surface area contributed by atoms with Gasteiger partial charge >= 0.3 is 0 Å². The average Bonchev–Trinajstić information content (AvgIpc) is 3.15. The van der Waals surface area contributed by atoms with Crippen LogP contribution >= 0.6 is 13.5 Å². The third-order valence-corrected chi connectivity index (χ3v) is 5.11. The molecule has 1 aliphatic carbocycles. The van der Waals surface area contributed by atoms with Gasteiger partial charge in [-0.1, -0.05) is 6.07 Å². The van der Waals surface area contributed by atoms with Gasteiger partial charge in [0, 0.05) is 30.2 Å². The van der Waals surface area contributed by atoms with Crippen molar-refractivity contribution in [3.05, 3.63) is 59.4 Å². The van der Waals surface area contributed by atoms with E-state index in [0.717, 1.165) is 23.2 Å². The lowest BCUT2D eigenvalue weighted by Crippen LogP contribution is -2.35. The van der Waals surface area contributed by atoms with Crippen LogP contribution in [0.25, 0.3) is 0 Å². The van der Waals surface area contributed by atoms with Gasteiger partial charge in [0.1, 0.15) is 0 Å². The molecule has 2 aliphatic rings. The van der Waals surface area contributed by atoms with Gasteiger partial charge in [0.25, 0.3) is 5.91 Å². The molecule has 25 heavy (non-hydrogen) atoms. The lowest BCUT2D eigenvalue weighted by atomic mass is 9.83. The molecule has 0 bridgehead atoms. The Morgan fingerprint density at radius 2 is 1.88 bits per heavy atom. The number of carbonyl (C=O) groups excluding carboxylic acids is 2. The molecule has 0 saturated carbocycles. The van der Waals surface area contributed by atoms with Crippen LogP contribution in [0.1, 0.15) is 27.9 Å². The molecular formula is C18H19N3O3S. The molecule has 2 aromatic rings. The molecule has 1 atom stereocenters. The van der Waals surface area contributed by atoms with Crippen LogP contribution in [-0.2, 0) is 17.6 Å². The van der Waals surface area contributed by atoms with Crippen LogP contribution in [0.5, 0.6) is 0 Å². The van der Waals surface area contributed by atoms with Crippen molar-refractivity contribution >= 4 is 31.0 Å². The number of hydrogen-bond donors (Lipinski definition) is 2. The average molecular weight is 357 g/mol. The Labute approximate surface area is 152 Å². The van der Waals surface area contributed by atoms with Crippen LogP contribution in [0, 0.1) is 5.41 Å². The third kappa shape index (κ3) is 2.79. The van der Waals surface area contributed by atoms with Crippen molar-refractivity contribution in [3.8, 4) is 0 Å². The number of nitrogens with zero attached hydrogens (tertiary/aromatic N) is 2. The highest BCUT2D eigenvalue weighted by Crippen LogP contribution is 2.46. The first-order valence-corrected chi connectivity index (χ1v) is 7.91. The standard InChI is InChI=1S/C18H17N3O3.H2S/c22-16(20-24)12-1-2-13-10-18(11-14(13)9-12)5-8-21(17(18)23)15-3-6-19-7-4-15;/h1-4,6-7,9,24H,5,8,10-11H2,(H,20,22);1H2/t18-;/m0./s1. The summed E-state index contributed by atoms with van der Waals surface area (Å²) in [6.07, 6.45) is 5.51. The molecule has 0 unspecified atom stereocenters. The summed E-state index contributed by atoms with van der Waals surface area (Å²) in [5.41, 5.74) is 4.64. The van der Waals surface area contributed by atoms with Crippen molar-refractivity contribution in [2.45, 2.75) is 19.3 Å². The Bertz CT molecular complexity index is 828. The molecule has 1 aromatic heterocycles. The van der Waals surface area contributed by atoms with E-state index in [2.05, 4.69) is 4.98 Å². The summed E-state index contributed by atoms with van der Waals surface area (Å²) in [4.78, 5) is 30.5. The van der Waals surface area contributed by atoms with Crippen LogP contribution < -0.4 is 10.4 Å². The third-order valence-electron chi connectivity index (χ3n) is 5.11. The summed E-state index contributed by atoms with van der Waals surface area (Å²) >= 11 is 0. The maximum Gasteiger partial charge on any atom is 0.274 e. The SMILES string of the molecule is O=C(NO)c1ccc2c(c1)C[C@]1(CCN(c3ccncc3)C1=O)C2.S. The molecule has 2 amide bonds. The maximum absolute atomic E-state index is 13.1. The van der Waals surface area contributed by atoms with Gasteiger partial charge in [0.15, 0.2) is 0 Å². The number of aromatic nitrogens is 1. The van der Waals surface area contributed by atoms with Gasteiger partial charge < -0.3 is 4.90 Å². The topological polar surface area (TPSA) is 82.5 Å². The molecule has 1 saturated heterocycles. The molecule has 130 valence electrons. The normalized spacial score (nSPS) is 21.2. The van der Waals surface area contributed by atoms with E-state index in [1.165, 1.54) is 0 Å². The molecule has 1 aromatic carbocycles. The number of nitrogens with one attached hydrogen (secondary N) is 1. The lowest BCUT2D eigenvalue weighted by molar-refractivity contribution is -0.125. The minimum Gasteiger partial charge on any atom is -0.312 e. The smallest absolute Gasteiger partial charge is 0.274 e. The number of hydroxylamine groups is 1. The van der Waals surface area contributed by atoms with Gasteiger partial charge in [-0.25, -0.2) is 5.48 Å². The highest BCUT2D eigenvalue weighted by atomic mass is 32.1. The maximum atomic E-state index is 13.1. The molecule has 0 radical (unpaired) electrons. The van der Waals surface area contributed by atoms with Crippen molar-refractivity contribution in [3.63, 3.8) is 0 Å². The van der Waals surface area contributed by atoms with E-state index in [0.29, 0.717) is 24.9 Å². The van der Waals surface area contributed by atoms with Gasteiger partial charge in [-0.15, -0.1) is 0 Å². The van der Waals surface area contributed by atoms with Gasteiger partial charge in [0.05, 0.1) is 5.41 Å². The summed E-state index contributed by atoms with van der Waals surface area (Å²) < 4.78 is 0. The Balaban J connectivity index is 0.00000182. The van der Waals surface area contributed by atoms with E-state index in [4.69, 9.17) is 5.21 Å². The van der Waals surface area contributed by atoms with E-state index >= 15 is 0 Å². The first-order valence-electron chi connectivity index (χ1n) is 7.91. The van der Waals surface area contributed by atoms with Crippen molar-refractivity contribution in [1.29, 1.82) is 0 Å². The fraction of sp³-hybridized carbons (Fsp3) is 0.278. The highest BCUT2D eigenvalue weighted by Gasteiger charge is 2.50. The molecule has 2 N–H and O–H groups in total. The predicted octanol–water partition coefficient (Wildman–Crippen LogP) is 1.84. The monoisotopic (exact) mass is 357 g/mol. The van der Waals surface area contributed by atoms with E-state index in [9.17, 15) is 9.59 Å². The second kappa shape index (κ2) is 6.50. The molecule has 6 nitrogen and oxygen atoms in total. The Morgan fingerprint density at radius 3 is 2.60 bits per heavy atom. The molecule has 1 fully saturated rings. The Hall–Kier alpha value is -2.38. The number of carbonyl (C=O) groups is 2. The lowest BCUT2D eigenvalue weighted by Gasteiger charge is -2.22. The zero-order chi connectivity index (χ0) is 16.7. The minimum absolute atomic E-state index is 0. The first-order chi connectivity index (χ1) is 11.6. The van der Waals surface area contributed by atoms with E-state index in [-0.39, 0.29) is 19.4 Å².